The lowest BCUT2D eigenvalue weighted by molar-refractivity contribution is -0.142. The molecule has 4 heterocycles. The summed E-state index contributed by atoms with van der Waals surface area (Å²) in [6, 6.07) is 0.497. The van der Waals surface area contributed by atoms with Crippen LogP contribution >= 0.6 is 21.6 Å². The number of nitrogens with one attached hydrogen (secondary N) is 17. The fourth-order valence-electron chi connectivity index (χ4n) is 15.9. The standard InChI is InChI=1S/C91H128N22O24S2/c1-47-13-11-14-58-55(46-100-70(47)58)43-64-78(126)102-60(15-9-10-32-98-49(3)115)76(124)111-72(88(5,6)138-139-89(7,8)73(110-75(123)59(101-50(4)116)16-12-33-99-87(96)97)84(132)107-65(44-67(93)118)79(127)109-71(48(2)114)82(130)105-64)83(131)106-62(40-51-18-23-57(24-19-51)137-38-31-92)77(125)103-63(41-52-17-20-54-42-56(117)22-21-53(54)39-52)80(128)113-91(29-36-136-37-30-91)86(134)108-61(25-26-69(120)121)74(122)104-66(45-68(94)119)81(129)112-90(85(95)133)27-34-135-35-28-90/h11,13-14,17-24,39,42,46,48,59-66,71-73,100,114,117H,9-10,12,15-16,25-38,40-41,43-45,92H2,1-8H3,(H2,93,118)(H2,94,119)(H2,95,133)(H,98,115)(H,101,116)(H,102,126)(H,103,125)(H,104,122)(H,105,130)(H,106,131)(H,107,132)(H,108,134)(H,109,127)(H,110,123)(H,111,124)(H,112,129)(H,113,128)(H,120,121)(H4,96,97,99)/t48-,59-,60+,61+,62+,63+,64+,65+,66+,71+,72-,73-/m1/s1. The predicted octanol–water partition coefficient (Wildman–Crippen LogP) is -3.61. The third-order valence-electron chi connectivity index (χ3n) is 23.7. The number of unbranched alkanes of at least 4 members (excludes halogenated alkanes) is 1. The first-order chi connectivity index (χ1) is 65.6. The van der Waals surface area contributed by atoms with Gasteiger partial charge in [-0.1, -0.05) is 76.2 Å². The van der Waals surface area contributed by atoms with Gasteiger partial charge >= 0.3 is 5.97 Å². The molecule has 0 aliphatic carbocycles. The highest BCUT2D eigenvalue weighted by molar-refractivity contribution is 8.77. The number of hydrogen-bond acceptors (Lipinski definition) is 27. The van der Waals surface area contributed by atoms with Crippen LogP contribution in [0.1, 0.15) is 154 Å². The number of primary amides is 3. The van der Waals surface area contributed by atoms with E-state index in [2.05, 4.69) is 84.7 Å². The number of aromatic amines is 1. The maximum atomic E-state index is 16.6. The van der Waals surface area contributed by atoms with Crippen LogP contribution in [0.3, 0.4) is 0 Å². The van der Waals surface area contributed by atoms with Gasteiger partial charge in [0.15, 0.2) is 5.96 Å². The summed E-state index contributed by atoms with van der Waals surface area (Å²) in [7, 11) is 1.61. The summed E-state index contributed by atoms with van der Waals surface area (Å²) < 4.78 is 13.3. The fraction of sp³-hybridized carbons (Fsp3) is 0.527. The Morgan fingerprint density at radius 3 is 1.78 bits per heavy atom. The van der Waals surface area contributed by atoms with Gasteiger partial charge in [-0.3, -0.25) is 91.7 Å². The number of carboxylic acid groups (broad SMARTS) is 1. The number of aromatic nitrogens is 1. The molecule has 8 rings (SSSR count). The van der Waals surface area contributed by atoms with E-state index < -0.39 is 244 Å². The van der Waals surface area contributed by atoms with Gasteiger partial charge in [0.1, 0.15) is 95.6 Å². The lowest BCUT2D eigenvalue weighted by atomic mass is 9.87. The van der Waals surface area contributed by atoms with E-state index in [1.165, 1.54) is 58.9 Å². The molecule has 758 valence electrons. The van der Waals surface area contributed by atoms with Crippen LogP contribution in [-0.2, 0) is 115 Å². The molecule has 3 saturated heterocycles. The number of benzene rings is 4. The molecule has 3 aliphatic heterocycles. The monoisotopic (exact) mass is 1980 g/mol. The predicted molar refractivity (Wildman–Crippen MR) is 510 cm³/mol. The molecule has 0 radical (unpaired) electrons. The van der Waals surface area contributed by atoms with Crippen molar-refractivity contribution >= 4 is 156 Å². The number of rotatable bonds is 42. The van der Waals surface area contributed by atoms with Crippen LogP contribution in [0.2, 0.25) is 0 Å². The number of hydrogen-bond donors (Lipinski definition) is 25. The van der Waals surface area contributed by atoms with E-state index in [1.807, 2.05) is 13.0 Å². The fourth-order valence-corrected chi connectivity index (χ4v) is 18.8. The SMILES string of the molecule is CC(=O)NCCCC[C@@H]1NC(=O)[C@H](Cc2c[nH]c3c(C)cccc23)NC(=O)[C@H]([C@@H](C)O)NC(=O)[C@H](CC(N)=O)NC(=O)[C@@H](NC(=O)[C@@H](CCCNC(=N)N)NC(C)=O)C(C)(C)SSC(C)(C)[C@@H](C(=O)N[C@@H](Cc2ccc(OCCN)cc2)C(=O)N[C@@H](Cc2ccc3cc(O)ccc3c2)C(=O)NC2(C(=O)N[C@@H](CCC(=O)O)C(=O)N[C@@H](CC(N)=O)C(=O)NC3(C(N)=O)CCOCC3)CCOCC2)NC1=O. The maximum absolute atomic E-state index is 16.6. The second kappa shape index (κ2) is 51.3. The van der Waals surface area contributed by atoms with Gasteiger partial charge in [0.05, 0.1) is 18.9 Å². The number of aromatic hydroxyl groups is 1. The van der Waals surface area contributed by atoms with E-state index in [-0.39, 0.29) is 123 Å². The first-order valence-electron chi connectivity index (χ1n) is 45.4. The van der Waals surface area contributed by atoms with E-state index >= 15 is 38.4 Å². The van der Waals surface area contributed by atoms with Gasteiger partial charge in [-0.25, -0.2) is 0 Å². The molecule has 3 fully saturated rings. The second-order valence-corrected chi connectivity index (χ2v) is 39.1. The molecule has 48 heteroatoms. The third kappa shape index (κ3) is 32.9. The molecule has 3 aliphatic rings. The van der Waals surface area contributed by atoms with Gasteiger partial charge in [0, 0.05) is 138 Å². The first kappa shape index (κ1) is 111. The molecule has 0 spiro atoms. The Hall–Kier alpha value is -13.4. The number of H-pyrrole nitrogens is 1. The van der Waals surface area contributed by atoms with E-state index in [0.29, 0.717) is 44.1 Å². The van der Waals surface area contributed by atoms with Crippen LogP contribution in [0.15, 0.2) is 85.1 Å². The van der Waals surface area contributed by atoms with Gasteiger partial charge in [-0.15, -0.1) is 0 Å². The van der Waals surface area contributed by atoms with Crippen molar-refractivity contribution in [3.05, 3.63) is 107 Å². The number of carbonyl (C=O) groups excluding carboxylic acids is 17. The highest BCUT2D eigenvalue weighted by Crippen LogP contribution is 2.47. The molecule has 1 aromatic heterocycles. The smallest absolute Gasteiger partial charge is 0.303 e. The van der Waals surface area contributed by atoms with Crippen molar-refractivity contribution in [1.82, 2.24) is 84.7 Å². The van der Waals surface area contributed by atoms with Crippen molar-refractivity contribution in [2.24, 2.45) is 28.7 Å². The van der Waals surface area contributed by atoms with Crippen molar-refractivity contribution in [1.29, 1.82) is 5.41 Å². The zero-order chi connectivity index (χ0) is 102. The van der Waals surface area contributed by atoms with E-state index in [1.54, 1.807) is 54.7 Å². The molecule has 12 atom stereocenters. The Labute approximate surface area is 808 Å². The number of para-hydroxylation sites is 1. The van der Waals surface area contributed by atoms with Crippen molar-refractivity contribution in [2.75, 3.05) is 52.7 Å². The van der Waals surface area contributed by atoms with Crippen molar-refractivity contribution in [3.63, 3.8) is 0 Å². The van der Waals surface area contributed by atoms with Crippen LogP contribution in [0.5, 0.6) is 11.5 Å². The number of fused-ring (bicyclic) bond motifs is 2. The van der Waals surface area contributed by atoms with Crippen LogP contribution in [0.4, 0.5) is 0 Å². The van der Waals surface area contributed by atoms with Gasteiger partial charge < -0.3 is 143 Å². The number of aliphatic hydroxyl groups is 1. The van der Waals surface area contributed by atoms with Crippen LogP contribution in [0, 0.1) is 12.3 Å². The molecule has 4 aromatic carbocycles. The summed E-state index contributed by atoms with van der Waals surface area (Å²) in [5.41, 5.74) is 27.1. The second-order valence-electron chi connectivity index (χ2n) is 35.7. The molecule has 139 heavy (non-hydrogen) atoms. The van der Waals surface area contributed by atoms with Crippen molar-refractivity contribution in [3.8, 4) is 11.5 Å². The van der Waals surface area contributed by atoms with Gasteiger partial charge in [0.2, 0.25) is 100 Å². The number of phenolic OH excluding ortho intramolecular Hbond substituents is 1. The van der Waals surface area contributed by atoms with Gasteiger partial charge in [-0.2, -0.15) is 0 Å². The molecule has 17 amide bonds. The quantitative estimate of drug-likeness (QED) is 0.00776. The number of aliphatic hydroxyl groups excluding tert-OH is 1. The number of amides is 17. The highest BCUT2D eigenvalue weighted by Gasteiger charge is 2.50. The van der Waals surface area contributed by atoms with E-state index in [4.69, 9.17) is 48.3 Å². The Morgan fingerprint density at radius 2 is 1.15 bits per heavy atom. The summed E-state index contributed by atoms with van der Waals surface area (Å²) in [4.78, 5) is 264. The minimum Gasteiger partial charge on any atom is -0.508 e. The lowest BCUT2D eigenvalue weighted by Gasteiger charge is -2.39. The summed E-state index contributed by atoms with van der Waals surface area (Å²) >= 11 is 0. The molecule has 0 bridgehead atoms. The van der Waals surface area contributed by atoms with Crippen LogP contribution < -0.4 is 113 Å². The molecular weight excluding hydrogens is 1850 g/mol. The summed E-state index contributed by atoms with van der Waals surface area (Å²) in [5, 5.41) is 80.7. The number of guanidine groups is 1. The number of nitrogens with two attached hydrogens (primary N) is 5. The maximum Gasteiger partial charge on any atom is 0.303 e. The zero-order valence-electron chi connectivity index (χ0n) is 78.6. The Kier molecular flexibility index (Phi) is 40.9. The minimum absolute atomic E-state index is 0.0167. The van der Waals surface area contributed by atoms with E-state index in [9.17, 15) is 63.3 Å². The molecule has 0 unspecified atom stereocenters. The number of aliphatic carboxylic acids is 1. The lowest BCUT2D eigenvalue weighted by Crippen LogP contribution is -2.67. The number of aryl methyl sites for hydroxylation is 1. The van der Waals surface area contributed by atoms with Gasteiger partial charge in [0.25, 0.3) is 0 Å². The Morgan fingerprint density at radius 1 is 0.583 bits per heavy atom. The number of carboxylic acids is 1. The summed E-state index contributed by atoms with van der Waals surface area (Å²) in [6.45, 7) is 10.9. The first-order valence-corrected chi connectivity index (χ1v) is 47.5. The van der Waals surface area contributed by atoms with Crippen LogP contribution in [-0.4, -0.2) is 278 Å². The Bertz CT molecular complexity index is 5320. The number of phenols is 1. The minimum atomic E-state index is -2.13. The van der Waals surface area contributed by atoms with Crippen molar-refractivity contribution < 1.29 is 116 Å². The zero-order valence-corrected chi connectivity index (χ0v) is 80.2. The van der Waals surface area contributed by atoms with Gasteiger partial charge in [-0.05, 0) is 137 Å². The largest absolute Gasteiger partial charge is 0.508 e. The number of ether oxygens (including phenoxy) is 3. The van der Waals surface area contributed by atoms with E-state index in [0.717, 1.165) is 41.0 Å². The van der Waals surface area contributed by atoms with Crippen LogP contribution in [0.25, 0.3) is 21.7 Å². The highest BCUT2D eigenvalue weighted by atomic mass is 33.1. The van der Waals surface area contributed by atoms with Crippen molar-refractivity contribution in [2.45, 2.75) is 251 Å². The topological polar surface area (TPSA) is 746 Å². The molecule has 46 nitrogen and oxygen atoms in total. The normalized spacial score (nSPS) is 20.3. The average molecular weight is 1980 g/mol. The Balaban J connectivity index is 1.28. The molecular formula is C91H128N22O24S2. The number of carbonyl (C=O) groups is 18. The molecule has 0 saturated carbocycles. The average Bonchev–Trinajstić information content (AvgIpc) is 1.07. The summed E-state index contributed by atoms with van der Waals surface area (Å²) in [5.74, 6) is -19.8. The molecule has 30 N–H and O–H groups in total. The summed E-state index contributed by atoms with van der Waals surface area (Å²) in [6.07, 6.45) is -5.94. The molecule has 5 aromatic rings. The third-order valence-corrected chi connectivity index (χ3v) is 27.9.